The summed E-state index contributed by atoms with van der Waals surface area (Å²) in [5, 5.41) is 5.27. The zero-order valence-corrected chi connectivity index (χ0v) is 14.2. The molecule has 2 N–H and O–H groups in total. The van der Waals surface area contributed by atoms with Crippen molar-refractivity contribution in [1.29, 1.82) is 0 Å². The zero-order chi connectivity index (χ0) is 16.3. The van der Waals surface area contributed by atoms with E-state index < -0.39 is 10.0 Å². The van der Waals surface area contributed by atoms with Crippen molar-refractivity contribution < 1.29 is 17.9 Å². The molecule has 0 atom stereocenters. The standard InChI is InChI=1S/C15H25NO4S/c1-6-19-7-8-20-13-9-11(2)14(21(16,17)18)10-12(13)15(3,4)5/h9-10H,6-8H2,1-5H3,(H2,16,17,18). The van der Waals surface area contributed by atoms with Crippen LogP contribution in [0.3, 0.4) is 0 Å². The topological polar surface area (TPSA) is 78.6 Å². The lowest BCUT2D eigenvalue weighted by atomic mass is 9.86. The number of aryl methyl sites for hydroxylation is 1. The second-order valence-electron chi connectivity index (χ2n) is 5.95. The van der Waals surface area contributed by atoms with E-state index in [0.717, 1.165) is 5.56 Å². The van der Waals surface area contributed by atoms with Gasteiger partial charge in [0.1, 0.15) is 12.4 Å². The largest absolute Gasteiger partial charge is 0.491 e. The maximum absolute atomic E-state index is 11.7. The van der Waals surface area contributed by atoms with Gasteiger partial charge in [0.25, 0.3) is 0 Å². The maximum atomic E-state index is 11.7. The van der Waals surface area contributed by atoms with Crippen LogP contribution in [0.25, 0.3) is 0 Å². The average Bonchev–Trinajstić information content (AvgIpc) is 2.31. The van der Waals surface area contributed by atoms with Gasteiger partial charge in [0.05, 0.1) is 11.5 Å². The third kappa shape index (κ3) is 4.98. The number of sulfonamides is 1. The van der Waals surface area contributed by atoms with Crippen molar-refractivity contribution in [3.63, 3.8) is 0 Å². The molecule has 0 saturated carbocycles. The van der Waals surface area contributed by atoms with Crippen molar-refractivity contribution in [2.45, 2.75) is 44.9 Å². The molecule has 0 spiro atoms. The molecule has 0 fully saturated rings. The van der Waals surface area contributed by atoms with Gasteiger partial charge in [-0.05, 0) is 37.0 Å². The first-order valence-corrected chi connectivity index (χ1v) is 8.50. The molecule has 0 aliphatic carbocycles. The Labute approximate surface area is 127 Å². The van der Waals surface area contributed by atoms with Crippen LogP contribution in [0.5, 0.6) is 5.75 Å². The Bertz CT molecular complexity index is 588. The number of hydrogen-bond donors (Lipinski definition) is 1. The predicted octanol–water partition coefficient (Wildman–Crippen LogP) is 2.36. The van der Waals surface area contributed by atoms with Gasteiger partial charge in [-0.15, -0.1) is 0 Å². The van der Waals surface area contributed by atoms with Gasteiger partial charge in [0, 0.05) is 12.2 Å². The van der Waals surface area contributed by atoms with Crippen LogP contribution in [0.2, 0.25) is 0 Å². The van der Waals surface area contributed by atoms with Gasteiger partial charge in [0.2, 0.25) is 10.0 Å². The van der Waals surface area contributed by atoms with E-state index in [1.165, 1.54) is 0 Å². The lowest BCUT2D eigenvalue weighted by Crippen LogP contribution is -2.19. The highest BCUT2D eigenvalue weighted by molar-refractivity contribution is 7.89. The van der Waals surface area contributed by atoms with Crippen LogP contribution in [0, 0.1) is 6.92 Å². The van der Waals surface area contributed by atoms with Crippen LogP contribution in [-0.4, -0.2) is 28.2 Å². The number of nitrogens with two attached hydrogens (primary N) is 1. The van der Waals surface area contributed by atoms with Crippen LogP contribution >= 0.6 is 0 Å². The molecule has 0 unspecified atom stereocenters. The molecule has 0 amide bonds. The molecule has 0 aromatic heterocycles. The van der Waals surface area contributed by atoms with E-state index in [9.17, 15) is 8.42 Å². The quantitative estimate of drug-likeness (QED) is 0.817. The molecular formula is C15H25NO4S. The highest BCUT2D eigenvalue weighted by atomic mass is 32.2. The van der Waals surface area contributed by atoms with E-state index >= 15 is 0 Å². The smallest absolute Gasteiger partial charge is 0.238 e. The minimum atomic E-state index is -3.74. The summed E-state index contributed by atoms with van der Waals surface area (Å²) in [6, 6.07) is 3.34. The van der Waals surface area contributed by atoms with Crippen molar-refractivity contribution in [2.24, 2.45) is 5.14 Å². The molecule has 0 heterocycles. The van der Waals surface area contributed by atoms with Gasteiger partial charge in [0.15, 0.2) is 0 Å². The van der Waals surface area contributed by atoms with Gasteiger partial charge >= 0.3 is 0 Å². The summed E-state index contributed by atoms with van der Waals surface area (Å²) in [4.78, 5) is 0.143. The molecule has 0 radical (unpaired) electrons. The van der Waals surface area contributed by atoms with E-state index in [-0.39, 0.29) is 10.3 Å². The van der Waals surface area contributed by atoms with Crippen LogP contribution in [0.4, 0.5) is 0 Å². The number of primary sulfonamides is 1. The van der Waals surface area contributed by atoms with Crippen LogP contribution in [0.1, 0.15) is 38.8 Å². The Kier molecular flexibility index (Phi) is 5.78. The molecule has 21 heavy (non-hydrogen) atoms. The van der Waals surface area contributed by atoms with E-state index in [1.807, 2.05) is 27.7 Å². The van der Waals surface area contributed by atoms with Gasteiger partial charge in [-0.2, -0.15) is 0 Å². The summed E-state index contributed by atoms with van der Waals surface area (Å²) in [5.74, 6) is 0.673. The molecule has 1 aromatic rings. The zero-order valence-electron chi connectivity index (χ0n) is 13.4. The van der Waals surface area contributed by atoms with E-state index in [4.69, 9.17) is 14.6 Å². The first kappa shape index (κ1) is 17.9. The monoisotopic (exact) mass is 315 g/mol. The van der Waals surface area contributed by atoms with Crippen molar-refractivity contribution in [1.82, 2.24) is 0 Å². The van der Waals surface area contributed by atoms with Gasteiger partial charge in [-0.3, -0.25) is 0 Å². The van der Waals surface area contributed by atoms with Crippen LogP contribution in [-0.2, 0) is 20.2 Å². The molecule has 0 aliphatic heterocycles. The fraction of sp³-hybridized carbons (Fsp3) is 0.600. The van der Waals surface area contributed by atoms with Gasteiger partial charge in [-0.1, -0.05) is 20.8 Å². The normalized spacial score (nSPS) is 12.5. The summed E-state index contributed by atoms with van der Waals surface area (Å²) < 4.78 is 34.3. The summed E-state index contributed by atoms with van der Waals surface area (Å²) in [5.41, 5.74) is 1.14. The Morgan fingerprint density at radius 1 is 1.19 bits per heavy atom. The lowest BCUT2D eigenvalue weighted by Gasteiger charge is -2.24. The fourth-order valence-electron chi connectivity index (χ4n) is 2.03. The third-order valence-corrected chi connectivity index (χ3v) is 4.13. The SMILES string of the molecule is CCOCCOc1cc(C)c(S(N)(=O)=O)cc1C(C)(C)C. The Balaban J connectivity index is 3.21. The molecule has 6 heteroatoms. The van der Waals surface area contributed by atoms with E-state index in [1.54, 1.807) is 19.1 Å². The van der Waals surface area contributed by atoms with E-state index in [2.05, 4.69) is 0 Å². The highest BCUT2D eigenvalue weighted by Crippen LogP contribution is 2.34. The molecular weight excluding hydrogens is 290 g/mol. The molecule has 0 bridgehead atoms. The second kappa shape index (κ2) is 6.77. The highest BCUT2D eigenvalue weighted by Gasteiger charge is 2.23. The molecule has 5 nitrogen and oxygen atoms in total. The average molecular weight is 315 g/mol. The summed E-state index contributed by atoms with van der Waals surface area (Å²) >= 11 is 0. The fourth-order valence-corrected chi connectivity index (χ4v) is 2.82. The van der Waals surface area contributed by atoms with Crippen molar-refractivity contribution in [3.8, 4) is 5.75 Å². The first-order valence-electron chi connectivity index (χ1n) is 6.96. The number of rotatable bonds is 6. The Hall–Kier alpha value is -1.11. The molecule has 0 aliphatic rings. The van der Waals surface area contributed by atoms with Gasteiger partial charge in [-0.25, -0.2) is 13.6 Å². The number of benzene rings is 1. The van der Waals surface area contributed by atoms with Crippen molar-refractivity contribution in [2.75, 3.05) is 19.8 Å². The van der Waals surface area contributed by atoms with Gasteiger partial charge < -0.3 is 9.47 Å². The summed E-state index contributed by atoms with van der Waals surface area (Å²) in [6.07, 6.45) is 0. The molecule has 1 rings (SSSR count). The van der Waals surface area contributed by atoms with Crippen LogP contribution in [0.15, 0.2) is 17.0 Å². The summed E-state index contributed by atoms with van der Waals surface area (Å²) in [6.45, 7) is 11.2. The molecule has 120 valence electrons. The Morgan fingerprint density at radius 3 is 2.29 bits per heavy atom. The summed E-state index contributed by atoms with van der Waals surface area (Å²) in [7, 11) is -3.74. The number of ether oxygens (including phenoxy) is 2. The maximum Gasteiger partial charge on any atom is 0.238 e. The first-order chi connectivity index (χ1) is 9.57. The minimum absolute atomic E-state index is 0.143. The number of hydrogen-bond acceptors (Lipinski definition) is 4. The second-order valence-corrected chi connectivity index (χ2v) is 7.48. The molecule has 1 aromatic carbocycles. The Morgan fingerprint density at radius 2 is 1.81 bits per heavy atom. The minimum Gasteiger partial charge on any atom is -0.491 e. The molecule has 0 saturated heterocycles. The van der Waals surface area contributed by atoms with Crippen LogP contribution < -0.4 is 9.88 Å². The third-order valence-electron chi connectivity index (χ3n) is 3.08. The lowest BCUT2D eigenvalue weighted by molar-refractivity contribution is 0.109. The van der Waals surface area contributed by atoms with Crippen molar-refractivity contribution in [3.05, 3.63) is 23.3 Å². The van der Waals surface area contributed by atoms with Crippen molar-refractivity contribution >= 4 is 10.0 Å². The van der Waals surface area contributed by atoms with E-state index in [0.29, 0.717) is 31.1 Å². The predicted molar refractivity (Wildman–Crippen MR) is 83.2 cm³/mol.